The normalized spacial score (nSPS) is 14.4. The Bertz CT molecular complexity index is 1250. The second kappa shape index (κ2) is 8.74. The highest BCUT2D eigenvalue weighted by molar-refractivity contribution is 8.00. The molecule has 0 N–H and O–H groups in total. The maximum atomic E-state index is 13.5. The van der Waals surface area contributed by atoms with Gasteiger partial charge < -0.3 is 4.90 Å². The number of amides is 1. The Balaban J connectivity index is 1.43. The van der Waals surface area contributed by atoms with E-state index >= 15 is 0 Å². The largest absolute Gasteiger partial charge is 0.311 e. The molecule has 0 aliphatic heterocycles. The van der Waals surface area contributed by atoms with Crippen LogP contribution in [0.15, 0.2) is 72.1 Å². The average molecular weight is 444 g/mol. The van der Waals surface area contributed by atoms with Gasteiger partial charge in [-0.3, -0.25) is 14.3 Å². The Hall–Kier alpha value is -3.19. The van der Waals surface area contributed by atoms with E-state index in [1.54, 1.807) is 6.20 Å². The van der Waals surface area contributed by atoms with E-state index < -0.39 is 0 Å². The quantitative estimate of drug-likeness (QED) is 0.360. The third kappa shape index (κ3) is 3.88. The van der Waals surface area contributed by atoms with Crippen LogP contribution in [0.25, 0.3) is 22.2 Å². The van der Waals surface area contributed by atoms with Crippen molar-refractivity contribution in [3.05, 3.63) is 67.0 Å². The van der Waals surface area contributed by atoms with Gasteiger partial charge in [0.2, 0.25) is 5.91 Å². The van der Waals surface area contributed by atoms with E-state index in [1.807, 2.05) is 61.3 Å². The van der Waals surface area contributed by atoms with E-state index in [9.17, 15) is 4.79 Å². The van der Waals surface area contributed by atoms with Crippen LogP contribution in [-0.2, 0) is 4.79 Å². The molecule has 1 saturated carbocycles. The molecule has 4 aromatic rings. The van der Waals surface area contributed by atoms with Crippen molar-refractivity contribution in [2.24, 2.45) is 0 Å². The molecule has 0 saturated heterocycles. The summed E-state index contributed by atoms with van der Waals surface area (Å²) in [5.74, 6) is 0.895. The maximum absolute atomic E-state index is 13.5. The molecule has 0 spiro atoms. The molecule has 1 amide bonds. The van der Waals surface area contributed by atoms with Crippen LogP contribution in [0.5, 0.6) is 0 Å². The fourth-order valence-electron chi connectivity index (χ4n) is 4.03. The first-order valence-corrected chi connectivity index (χ1v) is 11.9. The molecule has 0 radical (unpaired) electrons. The lowest BCUT2D eigenvalue weighted by Crippen LogP contribution is -2.36. The molecule has 1 aliphatic carbocycles. The van der Waals surface area contributed by atoms with E-state index in [4.69, 9.17) is 0 Å². The van der Waals surface area contributed by atoms with E-state index in [2.05, 4.69) is 37.9 Å². The molecule has 0 unspecified atom stereocenters. The Kier molecular flexibility index (Phi) is 5.66. The number of carbonyl (C=O) groups is 1. The number of benzene rings is 2. The first kappa shape index (κ1) is 20.7. The molecule has 32 heavy (non-hydrogen) atoms. The van der Waals surface area contributed by atoms with Gasteiger partial charge in [0.1, 0.15) is 0 Å². The first-order chi connectivity index (χ1) is 15.7. The molecule has 5 rings (SSSR count). The number of rotatable bonds is 7. The highest BCUT2D eigenvalue weighted by atomic mass is 32.2. The molecule has 2 aromatic carbocycles. The van der Waals surface area contributed by atoms with Crippen molar-refractivity contribution < 1.29 is 4.79 Å². The van der Waals surface area contributed by atoms with Gasteiger partial charge in [-0.15, -0.1) is 10.2 Å². The van der Waals surface area contributed by atoms with Crippen LogP contribution in [0, 0.1) is 0 Å². The summed E-state index contributed by atoms with van der Waals surface area (Å²) in [4.78, 5) is 19.6. The van der Waals surface area contributed by atoms with Crippen LogP contribution in [0.4, 0.5) is 5.69 Å². The van der Waals surface area contributed by atoms with Gasteiger partial charge in [-0.2, -0.15) is 0 Å². The lowest BCUT2D eigenvalue weighted by Gasteiger charge is -2.25. The number of hydrogen-bond donors (Lipinski definition) is 0. The second-order valence-electron chi connectivity index (χ2n) is 7.99. The summed E-state index contributed by atoms with van der Waals surface area (Å²) in [6, 6.07) is 18.6. The topological polar surface area (TPSA) is 63.9 Å². The highest BCUT2D eigenvalue weighted by Gasteiger charge is 2.32. The lowest BCUT2D eigenvalue weighted by atomic mass is 10.1. The van der Waals surface area contributed by atoms with Crippen molar-refractivity contribution in [3.8, 4) is 11.4 Å². The van der Waals surface area contributed by atoms with Gasteiger partial charge >= 0.3 is 0 Å². The summed E-state index contributed by atoms with van der Waals surface area (Å²) in [5, 5.41) is 11.6. The molecule has 0 bridgehead atoms. The predicted octanol–water partition coefficient (Wildman–Crippen LogP) is 5.36. The smallest absolute Gasteiger partial charge is 0.240 e. The number of pyridine rings is 1. The number of thioether (sulfide) groups is 1. The lowest BCUT2D eigenvalue weighted by molar-refractivity contribution is -0.117. The van der Waals surface area contributed by atoms with Gasteiger partial charge in [0.05, 0.1) is 10.9 Å². The summed E-state index contributed by atoms with van der Waals surface area (Å²) in [6.07, 6.45) is 5.78. The Labute approximate surface area is 191 Å². The molecular weight excluding hydrogens is 418 g/mol. The minimum absolute atomic E-state index is 0.0714. The highest BCUT2D eigenvalue weighted by Crippen LogP contribution is 2.42. The molecular formula is C25H25N5OS. The first-order valence-electron chi connectivity index (χ1n) is 11.0. The average Bonchev–Trinajstić information content (AvgIpc) is 3.59. The predicted molar refractivity (Wildman–Crippen MR) is 129 cm³/mol. The Morgan fingerprint density at radius 3 is 2.69 bits per heavy atom. The van der Waals surface area contributed by atoms with Crippen LogP contribution in [0.3, 0.4) is 0 Å². The van der Waals surface area contributed by atoms with Crippen molar-refractivity contribution in [3.63, 3.8) is 0 Å². The van der Waals surface area contributed by atoms with Crippen LogP contribution in [0.2, 0.25) is 0 Å². The van der Waals surface area contributed by atoms with Crippen LogP contribution >= 0.6 is 11.8 Å². The molecule has 2 aromatic heterocycles. The van der Waals surface area contributed by atoms with E-state index in [1.165, 1.54) is 11.8 Å². The van der Waals surface area contributed by atoms with Gasteiger partial charge in [-0.1, -0.05) is 48.2 Å². The Morgan fingerprint density at radius 1 is 1.12 bits per heavy atom. The Morgan fingerprint density at radius 2 is 1.94 bits per heavy atom. The van der Waals surface area contributed by atoms with Crippen LogP contribution < -0.4 is 4.90 Å². The zero-order valence-corrected chi connectivity index (χ0v) is 19.0. The number of nitrogens with zero attached hydrogens (tertiary/aromatic N) is 5. The number of hydrogen-bond acceptors (Lipinski definition) is 5. The number of anilines is 1. The molecule has 7 heteroatoms. The summed E-state index contributed by atoms with van der Waals surface area (Å²) in [5.41, 5.74) is 1.89. The van der Waals surface area contributed by atoms with Gasteiger partial charge in [0.15, 0.2) is 11.0 Å². The fourth-order valence-corrected chi connectivity index (χ4v) is 5.01. The summed E-state index contributed by atoms with van der Waals surface area (Å²) < 4.78 is 2.18. The van der Waals surface area contributed by atoms with Crippen molar-refractivity contribution in [2.45, 2.75) is 43.1 Å². The minimum Gasteiger partial charge on any atom is -0.311 e. The molecule has 1 fully saturated rings. The van der Waals surface area contributed by atoms with Crippen LogP contribution in [-0.4, -0.2) is 37.5 Å². The monoisotopic (exact) mass is 443 g/mol. The number of aromatic nitrogens is 4. The fraction of sp³-hybridized carbons (Fsp3) is 0.280. The SMILES string of the molecule is CCN(C(=O)[C@@H](C)Sc1nnc(-c2cccnc2)n1C1CC1)c1cccc2ccccc12. The molecule has 2 heterocycles. The minimum atomic E-state index is -0.294. The van der Waals surface area contributed by atoms with E-state index in [0.29, 0.717) is 12.6 Å². The molecule has 1 atom stereocenters. The zero-order chi connectivity index (χ0) is 22.1. The summed E-state index contributed by atoms with van der Waals surface area (Å²) in [6.45, 7) is 4.58. The van der Waals surface area contributed by atoms with Gasteiger partial charge in [-0.05, 0) is 50.3 Å². The van der Waals surface area contributed by atoms with Crippen molar-refractivity contribution in [1.82, 2.24) is 19.7 Å². The second-order valence-corrected chi connectivity index (χ2v) is 9.30. The van der Waals surface area contributed by atoms with Gasteiger partial charge in [0.25, 0.3) is 0 Å². The third-order valence-electron chi connectivity index (χ3n) is 5.77. The van der Waals surface area contributed by atoms with Crippen molar-refractivity contribution in [1.29, 1.82) is 0 Å². The van der Waals surface area contributed by atoms with Gasteiger partial charge in [0, 0.05) is 35.9 Å². The molecule has 1 aliphatic rings. The molecule has 6 nitrogen and oxygen atoms in total. The van der Waals surface area contributed by atoms with Crippen molar-refractivity contribution >= 4 is 34.1 Å². The zero-order valence-electron chi connectivity index (χ0n) is 18.2. The van der Waals surface area contributed by atoms with E-state index in [-0.39, 0.29) is 11.2 Å². The standard InChI is InChI=1S/C25H25N5OS/c1-3-29(22-12-6-9-18-8-4-5-11-21(18)22)24(31)17(2)32-25-28-27-23(30(25)20-13-14-20)19-10-7-15-26-16-19/h4-12,15-17,20H,3,13-14H2,1-2H3/t17-/m1/s1. The molecule has 162 valence electrons. The summed E-state index contributed by atoms with van der Waals surface area (Å²) >= 11 is 1.48. The number of fused-ring (bicyclic) bond motifs is 1. The number of carbonyl (C=O) groups excluding carboxylic acids is 1. The maximum Gasteiger partial charge on any atom is 0.240 e. The van der Waals surface area contributed by atoms with E-state index in [0.717, 1.165) is 45.8 Å². The summed E-state index contributed by atoms with van der Waals surface area (Å²) in [7, 11) is 0. The third-order valence-corrected chi connectivity index (χ3v) is 6.81. The van der Waals surface area contributed by atoms with Crippen molar-refractivity contribution in [2.75, 3.05) is 11.4 Å². The van der Waals surface area contributed by atoms with Gasteiger partial charge in [-0.25, -0.2) is 0 Å². The van der Waals surface area contributed by atoms with Crippen LogP contribution in [0.1, 0.15) is 32.7 Å².